The van der Waals surface area contributed by atoms with E-state index in [0.717, 1.165) is 17.0 Å². The smallest absolute Gasteiger partial charge is 0.316 e. The molecule has 0 aliphatic heterocycles. The number of thioether (sulfide) groups is 1. The number of carbonyl (C=O) groups excluding carboxylic acids is 1. The van der Waals surface area contributed by atoms with E-state index in [1.54, 1.807) is 28.9 Å². The first-order valence-electron chi connectivity index (χ1n) is 9.14. The van der Waals surface area contributed by atoms with Crippen LogP contribution in [0.5, 0.6) is 0 Å². The molecule has 0 bridgehead atoms. The molecule has 0 spiro atoms. The van der Waals surface area contributed by atoms with E-state index < -0.39 is 0 Å². The van der Waals surface area contributed by atoms with Crippen molar-refractivity contribution in [3.05, 3.63) is 64.5 Å². The van der Waals surface area contributed by atoms with E-state index in [2.05, 4.69) is 15.2 Å². The molecule has 0 amide bonds. The van der Waals surface area contributed by atoms with Crippen LogP contribution in [0.3, 0.4) is 0 Å². The van der Waals surface area contributed by atoms with Crippen molar-refractivity contribution in [2.45, 2.75) is 25.2 Å². The number of nitrogens with zero attached hydrogens (tertiary/aromatic N) is 5. The van der Waals surface area contributed by atoms with Gasteiger partial charge < -0.3 is 13.7 Å². The number of esters is 1. The van der Waals surface area contributed by atoms with Gasteiger partial charge in [0.1, 0.15) is 12.3 Å². The van der Waals surface area contributed by atoms with Crippen molar-refractivity contribution in [1.29, 1.82) is 0 Å². The highest BCUT2D eigenvalue weighted by atomic mass is 35.5. The number of imidazole rings is 1. The zero-order valence-corrected chi connectivity index (χ0v) is 18.3. The van der Waals surface area contributed by atoms with Gasteiger partial charge in [-0.15, -0.1) is 10.2 Å². The zero-order chi connectivity index (χ0) is 21.1. The van der Waals surface area contributed by atoms with Crippen LogP contribution in [0.4, 0.5) is 0 Å². The molecule has 0 aliphatic carbocycles. The molecule has 4 aromatic rings. The number of aromatic nitrogens is 5. The van der Waals surface area contributed by atoms with Crippen molar-refractivity contribution in [3.8, 4) is 11.4 Å². The Hall–Kier alpha value is -2.55. The minimum atomic E-state index is -0.353. The summed E-state index contributed by atoms with van der Waals surface area (Å²) in [5, 5.41) is 10.4. The third-order valence-electron chi connectivity index (χ3n) is 4.30. The van der Waals surface area contributed by atoms with E-state index in [9.17, 15) is 4.79 Å². The van der Waals surface area contributed by atoms with Gasteiger partial charge in [-0.25, -0.2) is 4.98 Å². The summed E-state index contributed by atoms with van der Waals surface area (Å²) in [5.74, 6) is 0.500. The molecule has 4 rings (SSSR count). The summed E-state index contributed by atoms with van der Waals surface area (Å²) < 4.78 is 9.09. The minimum absolute atomic E-state index is 0.0924. The van der Waals surface area contributed by atoms with Gasteiger partial charge >= 0.3 is 5.97 Å². The summed E-state index contributed by atoms with van der Waals surface area (Å²) in [5.41, 5.74) is 2.30. The standard InChI is InChI=1S/C20H17Cl2N5O2S/c1-2-27-19(13-3-5-14(21)6-4-13)24-25-20(27)30-12-18(28)29-11-16-10-26-9-15(22)7-8-17(26)23-16/h3-10H,2,11-12H2,1H3. The van der Waals surface area contributed by atoms with Gasteiger partial charge in [0.25, 0.3) is 0 Å². The Morgan fingerprint density at radius 3 is 2.60 bits per heavy atom. The lowest BCUT2D eigenvalue weighted by molar-refractivity contribution is -0.141. The molecule has 0 radical (unpaired) electrons. The molecule has 3 aromatic heterocycles. The number of halogens is 2. The molecule has 0 saturated heterocycles. The molecule has 0 saturated carbocycles. The maximum Gasteiger partial charge on any atom is 0.316 e. The number of ether oxygens (including phenoxy) is 1. The first-order valence-corrected chi connectivity index (χ1v) is 10.9. The predicted molar refractivity (Wildman–Crippen MR) is 117 cm³/mol. The Labute approximate surface area is 187 Å². The average Bonchev–Trinajstić information content (AvgIpc) is 3.34. The van der Waals surface area contributed by atoms with E-state index in [0.29, 0.717) is 27.4 Å². The molecule has 7 nitrogen and oxygen atoms in total. The van der Waals surface area contributed by atoms with Gasteiger partial charge in [0.15, 0.2) is 11.0 Å². The van der Waals surface area contributed by atoms with Crippen LogP contribution < -0.4 is 0 Å². The highest BCUT2D eigenvalue weighted by molar-refractivity contribution is 7.99. The molecule has 10 heteroatoms. The minimum Gasteiger partial charge on any atom is -0.458 e. The highest BCUT2D eigenvalue weighted by Gasteiger charge is 2.15. The number of benzene rings is 1. The quantitative estimate of drug-likeness (QED) is 0.291. The topological polar surface area (TPSA) is 74.3 Å². The second kappa shape index (κ2) is 9.07. The van der Waals surface area contributed by atoms with Gasteiger partial charge in [0.05, 0.1) is 16.5 Å². The normalized spacial score (nSPS) is 11.2. The van der Waals surface area contributed by atoms with E-state index in [1.165, 1.54) is 11.8 Å². The first-order chi connectivity index (χ1) is 14.5. The Morgan fingerprint density at radius 2 is 1.83 bits per heavy atom. The summed E-state index contributed by atoms with van der Waals surface area (Å²) in [7, 11) is 0. The number of fused-ring (bicyclic) bond motifs is 1. The van der Waals surface area contributed by atoms with Crippen molar-refractivity contribution in [2.24, 2.45) is 0 Å². The summed E-state index contributed by atoms with van der Waals surface area (Å²) in [6.07, 6.45) is 3.54. The number of pyridine rings is 1. The fourth-order valence-electron chi connectivity index (χ4n) is 2.90. The highest BCUT2D eigenvalue weighted by Crippen LogP contribution is 2.25. The number of carbonyl (C=O) groups is 1. The summed E-state index contributed by atoms with van der Waals surface area (Å²) >= 11 is 13.2. The molecule has 154 valence electrons. The Bertz CT molecular complexity index is 1190. The fourth-order valence-corrected chi connectivity index (χ4v) is 3.99. The molecule has 1 aromatic carbocycles. The molecular weight excluding hydrogens is 445 g/mol. The second-order valence-electron chi connectivity index (χ2n) is 6.35. The van der Waals surface area contributed by atoms with Gasteiger partial charge in [-0.1, -0.05) is 35.0 Å². The largest absolute Gasteiger partial charge is 0.458 e. The second-order valence-corrected chi connectivity index (χ2v) is 8.17. The predicted octanol–water partition coefficient (Wildman–Crippen LogP) is 4.76. The van der Waals surface area contributed by atoms with Crippen molar-refractivity contribution in [1.82, 2.24) is 24.1 Å². The molecule has 30 heavy (non-hydrogen) atoms. The number of rotatable bonds is 7. The van der Waals surface area contributed by atoms with Crippen LogP contribution in [0.25, 0.3) is 17.0 Å². The van der Waals surface area contributed by atoms with Gasteiger partial charge in [0.2, 0.25) is 0 Å². The van der Waals surface area contributed by atoms with Gasteiger partial charge in [-0.05, 0) is 43.3 Å². The maximum atomic E-state index is 12.2. The Balaban J connectivity index is 1.37. The molecule has 0 aliphatic rings. The fraction of sp³-hybridized carbons (Fsp3) is 0.200. The molecule has 0 N–H and O–H groups in total. The van der Waals surface area contributed by atoms with Gasteiger partial charge in [-0.2, -0.15) is 0 Å². The van der Waals surface area contributed by atoms with E-state index in [4.69, 9.17) is 27.9 Å². The molecule has 0 fully saturated rings. The lowest BCUT2D eigenvalue weighted by Gasteiger charge is -2.07. The van der Waals surface area contributed by atoms with Crippen molar-refractivity contribution in [2.75, 3.05) is 5.75 Å². The SMILES string of the molecule is CCn1c(SCC(=O)OCc2cn3cc(Cl)ccc3n2)nnc1-c1ccc(Cl)cc1. The van der Waals surface area contributed by atoms with Crippen LogP contribution in [-0.2, 0) is 22.7 Å². The molecule has 3 heterocycles. The van der Waals surface area contributed by atoms with Crippen LogP contribution in [-0.4, -0.2) is 35.9 Å². The molecule has 0 atom stereocenters. The summed E-state index contributed by atoms with van der Waals surface area (Å²) in [4.78, 5) is 16.6. The monoisotopic (exact) mass is 461 g/mol. The summed E-state index contributed by atoms with van der Waals surface area (Å²) in [6, 6.07) is 11.0. The van der Waals surface area contributed by atoms with Crippen LogP contribution in [0.15, 0.2) is 53.9 Å². The van der Waals surface area contributed by atoms with Crippen LogP contribution >= 0.6 is 35.0 Å². The number of hydrogen-bond acceptors (Lipinski definition) is 6. The van der Waals surface area contributed by atoms with Crippen molar-refractivity contribution in [3.63, 3.8) is 0 Å². The number of hydrogen-bond donors (Lipinski definition) is 0. The lowest BCUT2D eigenvalue weighted by Crippen LogP contribution is -2.09. The van der Waals surface area contributed by atoms with Gasteiger partial charge in [0, 0.05) is 29.5 Å². The van der Waals surface area contributed by atoms with Crippen molar-refractivity contribution >= 4 is 46.6 Å². The van der Waals surface area contributed by atoms with Gasteiger partial charge in [-0.3, -0.25) is 4.79 Å². The van der Waals surface area contributed by atoms with Crippen LogP contribution in [0, 0.1) is 0 Å². The van der Waals surface area contributed by atoms with Crippen LogP contribution in [0.2, 0.25) is 10.0 Å². The van der Waals surface area contributed by atoms with E-state index in [-0.39, 0.29) is 18.3 Å². The molecule has 0 unspecified atom stereocenters. The third-order valence-corrected chi connectivity index (χ3v) is 5.72. The van der Waals surface area contributed by atoms with Crippen molar-refractivity contribution < 1.29 is 9.53 Å². The van der Waals surface area contributed by atoms with E-state index >= 15 is 0 Å². The maximum absolute atomic E-state index is 12.2. The Morgan fingerprint density at radius 1 is 1.07 bits per heavy atom. The average molecular weight is 462 g/mol. The zero-order valence-electron chi connectivity index (χ0n) is 16.0. The van der Waals surface area contributed by atoms with E-state index in [1.807, 2.05) is 35.8 Å². The lowest BCUT2D eigenvalue weighted by atomic mass is 10.2. The summed E-state index contributed by atoms with van der Waals surface area (Å²) in [6.45, 7) is 2.77. The van der Waals surface area contributed by atoms with Crippen LogP contribution in [0.1, 0.15) is 12.6 Å². The molecular formula is C20H17Cl2N5O2S. The third kappa shape index (κ3) is 4.61. The Kier molecular flexibility index (Phi) is 6.26. The first kappa shape index (κ1) is 20.7.